The summed E-state index contributed by atoms with van der Waals surface area (Å²) >= 11 is 3.05. The average molecular weight is 385 g/mol. The first kappa shape index (κ1) is 16.9. The minimum Gasteiger partial charge on any atom is -0.510 e. The van der Waals surface area contributed by atoms with Crippen LogP contribution in [0.3, 0.4) is 0 Å². The second kappa shape index (κ2) is 7.01. The highest BCUT2D eigenvalue weighted by Crippen LogP contribution is 2.33. The van der Waals surface area contributed by atoms with E-state index in [9.17, 15) is 9.50 Å². The Hall–Kier alpha value is -2.51. The minimum absolute atomic E-state index is 0.182. The first-order valence-electron chi connectivity index (χ1n) is 8.12. The molecule has 4 nitrogen and oxygen atoms in total. The van der Waals surface area contributed by atoms with Crippen molar-refractivity contribution in [1.82, 2.24) is 9.88 Å². The SMILES string of the molecule is N=C1C(c2nc(-c3cccs3)cs2)=C(O)CN1CCc1ccc(F)cc1. The molecule has 2 N–H and O–H groups in total. The second-order valence-electron chi connectivity index (χ2n) is 5.98. The van der Waals surface area contributed by atoms with Gasteiger partial charge in [-0.2, -0.15) is 0 Å². The summed E-state index contributed by atoms with van der Waals surface area (Å²) in [6.07, 6.45) is 0.682. The fourth-order valence-corrected chi connectivity index (χ4v) is 4.54. The van der Waals surface area contributed by atoms with Crippen LogP contribution in [0.25, 0.3) is 16.1 Å². The Morgan fingerprint density at radius 3 is 2.73 bits per heavy atom. The molecule has 1 aliphatic heterocycles. The molecular weight excluding hydrogens is 369 g/mol. The van der Waals surface area contributed by atoms with Gasteiger partial charge in [-0.25, -0.2) is 9.37 Å². The van der Waals surface area contributed by atoms with E-state index in [2.05, 4.69) is 4.98 Å². The zero-order valence-corrected chi connectivity index (χ0v) is 15.4. The summed E-state index contributed by atoms with van der Waals surface area (Å²) in [6.45, 7) is 0.893. The molecule has 0 amide bonds. The zero-order valence-electron chi connectivity index (χ0n) is 13.8. The first-order valence-corrected chi connectivity index (χ1v) is 9.88. The van der Waals surface area contributed by atoms with Gasteiger partial charge in [0.05, 0.1) is 22.7 Å². The number of thiophene rings is 1. The van der Waals surface area contributed by atoms with Crippen LogP contribution in [0.4, 0.5) is 4.39 Å². The normalized spacial score (nSPS) is 14.5. The maximum Gasteiger partial charge on any atom is 0.135 e. The molecule has 0 radical (unpaired) electrons. The molecule has 4 rings (SSSR count). The van der Waals surface area contributed by atoms with E-state index in [4.69, 9.17) is 5.41 Å². The Morgan fingerprint density at radius 1 is 1.19 bits per heavy atom. The second-order valence-corrected chi connectivity index (χ2v) is 7.79. The third-order valence-corrected chi connectivity index (χ3v) is 6.01. The number of nitrogens with one attached hydrogen (secondary N) is 1. The molecule has 1 aromatic carbocycles. The molecule has 132 valence electrons. The van der Waals surface area contributed by atoms with Gasteiger partial charge in [-0.15, -0.1) is 22.7 Å². The maximum atomic E-state index is 13.0. The van der Waals surface area contributed by atoms with E-state index in [-0.39, 0.29) is 17.4 Å². The molecule has 0 unspecified atom stereocenters. The Balaban J connectivity index is 1.47. The van der Waals surface area contributed by atoms with Crippen LogP contribution in [-0.4, -0.2) is 33.9 Å². The van der Waals surface area contributed by atoms with E-state index in [1.165, 1.54) is 23.5 Å². The van der Waals surface area contributed by atoms with Crippen LogP contribution in [0.5, 0.6) is 0 Å². The molecule has 26 heavy (non-hydrogen) atoms. The van der Waals surface area contributed by atoms with Gasteiger partial charge in [0.2, 0.25) is 0 Å². The van der Waals surface area contributed by atoms with Gasteiger partial charge in [-0.1, -0.05) is 18.2 Å². The Morgan fingerprint density at radius 2 is 2.00 bits per heavy atom. The lowest BCUT2D eigenvalue weighted by Gasteiger charge is -2.18. The smallest absolute Gasteiger partial charge is 0.135 e. The van der Waals surface area contributed by atoms with Crippen LogP contribution >= 0.6 is 22.7 Å². The van der Waals surface area contributed by atoms with Gasteiger partial charge in [0.25, 0.3) is 0 Å². The summed E-state index contributed by atoms with van der Waals surface area (Å²) in [5.74, 6) is 0.215. The van der Waals surface area contributed by atoms with Crippen LogP contribution in [0.15, 0.2) is 52.9 Å². The average Bonchev–Trinajstić information content (AvgIpc) is 3.35. The van der Waals surface area contributed by atoms with Crippen LogP contribution in [-0.2, 0) is 6.42 Å². The molecule has 3 heterocycles. The predicted octanol–water partition coefficient (Wildman–Crippen LogP) is 4.82. The standard InChI is InChI=1S/C19H16FN3OS2/c20-13-5-3-12(4-6-13)7-8-23-10-15(24)17(18(23)21)19-22-14(11-26-19)16-2-1-9-25-16/h1-6,9,11,21,24H,7-8,10H2. The first-order chi connectivity index (χ1) is 12.6. The zero-order chi connectivity index (χ0) is 18.1. The molecule has 1 aliphatic rings. The Kier molecular flexibility index (Phi) is 4.57. The van der Waals surface area contributed by atoms with E-state index < -0.39 is 0 Å². The van der Waals surface area contributed by atoms with Crippen molar-refractivity contribution in [3.8, 4) is 10.6 Å². The third kappa shape index (κ3) is 3.27. The number of aliphatic hydroxyl groups excluding tert-OH is 1. The third-order valence-electron chi connectivity index (χ3n) is 4.26. The number of halogens is 1. The quantitative estimate of drug-likeness (QED) is 0.662. The largest absolute Gasteiger partial charge is 0.510 e. The van der Waals surface area contributed by atoms with Gasteiger partial charge >= 0.3 is 0 Å². The van der Waals surface area contributed by atoms with Crippen LogP contribution in [0.2, 0.25) is 0 Å². The number of amidine groups is 1. The number of hydrogen-bond acceptors (Lipinski definition) is 5. The fraction of sp³-hybridized carbons (Fsp3) is 0.158. The molecular formula is C19H16FN3OS2. The highest BCUT2D eigenvalue weighted by atomic mass is 32.1. The monoisotopic (exact) mass is 385 g/mol. The van der Waals surface area contributed by atoms with Gasteiger partial charge < -0.3 is 10.0 Å². The maximum absolute atomic E-state index is 13.0. The van der Waals surface area contributed by atoms with Crippen molar-refractivity contribution < 1.29 is 9.50 Å². The van der Waals surface area contributed by atoms with Gasteiger partial charge in [0.1, 0.15) is 22.4 Å². The summed E-state index contributed by atoms with van der Waals surface area (Å²) < 4.78 is 13.0. The van der Waals surface area contributed by atoms with Gasteiger partial charge in [-0.05, 0) is 35.6 Å². The van der Waals surface area contributed by atoms with E-state index in [1.54, 1.807) is 23.5 Å². The molecule has 0 spiro atoms. The van der Waals surface area contributed by atoms with Crippen molar-refractivity contribution in [2.75, 3.05) is 13.1 Å². The summed E-state index contributed by atoms with van der Waals surface area (Å²) in [4.78, 5) is 7.49. The van der Waals surface area contributed by atoms with Crippen LogP contribution in [0.1, 0.15) is 10.6 Å². The van der Waals surface area contributed by atoms with E-state index in [1.807, 2.05) is 27.8 Å². The molecule has 7 heteroatoms. The summed E-state index contributed by atoms with van der Waals surface area (Å²) in [5, 5.41) is 23.4. The van der Waals surface area contributed by atoms with Gasteiger partial charge in [0, 0.05) is 11.9 Å². The van der Waals surface area contributed by atoms with Crippen molar-refractivity contribution in [2.24, 2.45) is 0 Å². The lowest BCUT2D eigenvalue weighted by atomic mass is 10.1. The van der Waals surface area contributed by atoms with Crippen molar-refractivity contribution in [3.05, 3.63) is 69.3 Å². The topological polar surface area (TPSA) is 60.2 Å². The lowest BCUT2D eigenvalue weighted by molar-refractivity contribution is 0.351. The van der Waals surface area contributed by atoms with Gasteiger partial charge in [0.15, 0.2) is 0 Å². The molecule has 0 fully saturated rings. The highest BCUT2D eigenvalue weighted by Gasteiger charge is 2.30. The number of hydrogen-bond donors (Lipinski definition) is 2. The summed E-state index contributed by atoms with van der Waals surface area (Å²) in [6, 6.07) is 10.4. The number of benzene rings is 1. The van der Waals surface area contributed by atoms with Crippen molar-refractivity contribution in [1.29, 1.82) is 5.41 Å². The lowest BCUT2D eigenvalue weighted by Crippen LogP contribution is -2.28. The summed E-state index contributed by atoms with van der Waals surface area (Å²) in [5.41, 5.74) is 2.39. The van der Waals surface area contributed by atoms with Crippen molar-refractivity contribution >= 4 is 34.1 Å². The number of aliphatic hydroxyl groups is 1. The van der Waals surface area contributed by atoms with E-state index in [0.717, 1.165) is 16.1 Å². The van der Waals surface area contributed by atoms with Crippen molar-refractivity contribution in [2.45, 2.75) is 6.42 Å². The Labute approximate surface area is 158 Å². The van der Waals surface area contributed by atoms with E-state index in [0.29, 0.717) is 30.1 Å². The minimum atomic E-state index is -0.255. The molecule has 0 saturated carbocycles. The molecule has 0 aliphatic carbocycles. The number of aromatic nitrogens is 1. The fourth-order valence-electron chi connectivity index (χ4n) is 2.89. The van der Waals surface area contributed by atoms with Crippen LogP contribution < -0.4 is 0 Å². The predicted molar refractivity (Wildman–Crippen MR) is 104 cm³/mol. The van der Waals surface area contributed by atoms with Crippen molar-refractivity contribution in [3.63, 3.8) is 0 Å². The van der Waals surface area contributed by atoms with Gasteiger partial charge in [-0.3, -0.25) is 5.41 Å². The molecule has 2 aromatic heterocycles. The van der Waals surface area contributed by atoms with Crippen LogP contribution in [0, 0.1) is 11.2 Å². The number of thiazole rings is 1. The molecule has 0 bridgehead atoms. The molecule has 3 aromatic rings. The molecule has 0 saturated heterocycles. The molecule has 0 atom stereocenters. The number of rotatable bonds is 5. The summed E-state index contributed by atoms with van der Waals surface area (Å²) in [7, 11) is 0. The highest BCUT2D eigenvalue weighted by molar-refractivity contribution is 7.14. The Bertz CT molecular complexity index is 961. The van der Waals surface area contributed by atoms with E-state index >= 15 is 0 Å². The number of nitrogens with zero attached hydrogens (tertiary/aromatic N) is 2.